The van der Waals surface area contributed by atoms with Gasteiger partial charge in [-0.3, -0.25) is 19.7 Å². The molecule has 5 heterocycles. The largest absolute Gasteiger partial charge is 0.378 e. The molecular formula is C35H44N6O2S. The van der Waals surface area contributed by atoms with E-state index in [1.54, 1.807) is 0 Å². The van der Waals surface area contributed by atoms with Gasteiger partial charge in [0.05, 0.1) is 36.7 Å². The molecular weight excluding hydrogens is 568 g/mol. The number of aromatic nitrogens is 3. The van der Waals surface area contributed by atoms with Crippen LogP contribution in [0.1, 0.15) is 65.8 Å². The van der Waals surface area contributed by atoms with Crippen LogP contribution in [0.4, 0.5) is 5.69 Å². The van der Waals surface area contributed by atoms with Crippen molar-refractivity contribution in [3.63, 3.8) is 0 Å². The van der Waals surface area contributed by atoms with E-state index in [2.05, 4.69) is 78.3 Å². The summed E-state index contributed by atoms with van der Waals surface area (Å²) in [4.78, 5) is 28.1. The molecule has 0 amide bonds. The second-order valence-electron chi connectivity index (χ2n) is 12.6. The Morgan fingerprint density at radius 3 is 2.66 bits per heavy atom. The van der Waals surface area contributed by atoms with Crippen molar-refractivity contribution >= 4 is 30.1 Å². The topological polar surface area (TPSA) is 75.5 Å². The zero-order chi connectivity index (χ0) is 29.3. The van der Waals surface area contributed by atoms with Gasteiger partial charge in [0.2, 0.25) is 0 Å². The molecule has 2 atom stereocenters. The van der Waals surface area contributed by atoms with Gasteiger partial charge in [0.15, 0.2) is 5.43 Å². The average molecular weight is 613 g/mol. The Bertz CT molecular complexity index is 1650. The number of aryl methyl sites for hydroxylation is 2. The Labute approximate surface area is 266 Å². The molecule has 232 valence electrons. The van der Waals surface area contributed by atoms with Gasteiger partial charge in [0, 0.05) is 79.5 Å². The third-order valence-electron chi connectivity index (χ3n) is 9.29. The zero-order valence-electron chi connectivity index (χ0n) is 25.8. The van der Waals surface area contributed by atoms with Crippen molar-refractivity contribution in [1.82, 2.24) is 24.8 Å². The van der Waals surface area contributed by atoms with Gasteiger partial charge in [-0.05, 0) is 87.1 Å². The van der Waals surface area contributed by atoms with E-state index in [0.29, 0.717) is 25.2 Å². The molecule has 3 fully saturated rings. The molecule has 2 saturated heterocycles. The number of anilines is 1. The van der Waals surface area contributed by atoms with Crippen LogP contribution in [0.25, 0.3) is 10.9 Å². The molecule has 1 unspecified atom stereocenters. The fourth-order valence-electron chi connectivity index (χ4n) is 6.79. The number of rotatable bonds is 8. The molecule has 2 aliphatic heterocycles. The fourth-order valence-corrected chi connectivity index (χ4v) is 6.79. The van der Waals surface area contributed by atoms with Crippen LogP contribution in [0.15, 0.2) is 65.8 Å². The first-order chi connectivity index (χ1) is 21.0. The highest BCUT2D eigenvalue weighted by Crippen LogP contribution is 2.38. The molecule has 0 bridgehead atoms. The van der Waals surface area contributed by atoms with E-state index >= 15 is 0 Å². The SMILES string of the molecule is Cc1ccc(N2CCC[C@H](N(Cc3ccnc(C)c3)Cc3cn(C4CC4)c4cc(C5COCCN5)ccc4c3=O)C2)cn1.S. The van der Waals surface area contributed by atoms with Gasteiger partial charge < -0.3 is 19.5 Å². The minimum Gasteiger partial charge on any atom is -0.378 e. The minimum absolute atomic E-state index is 0. The van der Waals surface area contributed by atoms with Crippen LogP contribution < -0.4 is 15.6 Å². The molecule has 3 aliphatic rings. The number of benzene rings is 1. The molecule has 0 spiro atoms. The van der Waals surface area contributed by atoms with E-state index in [1.165, 1.54) is 16.8 Å². The second-order valence-corrected chi connectivity index (χ2v) is 12.6. The molecule has 1 aliphatic carbocycles. The molecule has 3 aromatic heterocycles. The maximum Gasteiger partial charge on any atom is 0.193 e. The summed E-state index contributed by atoms with van der Waals surface area (Å²) in [5.74, 6) is 0. The minimum atomic E-state index is 0. The Balaban J connectivity index is 0.00000343. The van der Waals surface area contributed by atoms with E-state index in [1.807, 2.05) is 26.2 Å². The van der Waals surface area contributed by atoms with Crippen LogP contribution in [0.3, 0.4) is 0 Å². The van der Waals surface area contributed by atoms with Crippen LogP contribution in [-0.2, 0) is 17.8 Å². The predicted octanol–water partition coefficient (Wildman–Crippen LogP) is 5.19. The number of nitrogens with zero attached hydrogens (tertiary/aromatic N) is 5. The van der Waals surface area contributed by atoms with E-state index in [4.69, 9.17) is 4.74 Å². The lowest BCUT2D eigenvalue weighted by molar-refractivity contribution is 0.0769. The van der Waals surface area contributed by atoms with Crippen molar-refractivity contribution in [2.24, 2.45) is 0 Å². The molecule has 1 saturated carbocycles. The number of morpholine rings is 1. The van der Waals surface area contributed by atoms with Gasteiger partial charge in [0.1, 0.15) is 0 Å². The highest BCUT2D eigenvalue weighted by Gasteiger charge is 2.30. The highest BCUT2D eigenvalue weighted by atomic mass is 32.1. The number of pyridine rings is 3. The monoisotopic (exact) mass is 612 g/mol. The normalized spacial score (nSPS) is 20.6. The van der Waals surface area contributed by atoms with E-state index < -0.39 is 0 Å². The Hall–Kier alpha value is -3.24. The average Bonchev–Trinajstić information content (AvgIpc) is 3.88. The van der Waals surface area contributed by atoms with Crippen molar-refractivity contribution in [2.75, 3.05) is 37.7 Å². The highest BCUT2D eigenvalue weighted by molar-refractivity contribution is 7.59. The molecule has 8 nitrogen and oxygen atoms in total. The summed E-state index contributed by atoms with van der Waals surface area (Å²) >= 11 is 0. The molecule has 7 rings (SSSR count). The van der Waals surface area contributed by atoms with Gasteiger partial charge in [-0.15, -0.1) is 0 Å². The number of hydrogen-bond acceptors (Lipinski definition) is 7. The van der Waals surface area contributed by atoms with Crippen LogP contribution in [0, 0.1) is 13.8 Å². The molecule has 44 heavy (non-hydrogen) atoms. The second kappa shape index (κ2) is 13.4. The summed E-state index contributed by atoms with van der Waals surface area (Å²) < 4.78 is 8.12. The van der Waals surface area contributed by atoms with Crippen molar-refractivity contribution in [1.29, 1.82) is 0 Å². The van der Waals surface area contributed by atoms with E-state index in [0.717, 1.165) is 86.3 Å². The maximum absolute atomic E-state index is 14.1. The van der Waals surface area contributed by atoms with E-state index in [-0.39, 0.29) is 25.0 Å². The van der Waals surface area contributed by atoms with E-state index in [9.17, 15) is 4.79 Å². The summed E-state index contributed by atoms with van der Waals surface area (Å²) in [5, 5.41) is 4.39. The van der Waals surface area contributed by atoms with Gasteiger partial charge in [-0.1, -0.05) is 6.07 Å². The van der Waals surface area contributed by atoms with Crippen LogP contribution >= 0.6 is 13.5 Å². The third kappa shape index (κ3) is 6.71. The summed E-state index contributed by atoms with van der Waals surface area (Å²) in [7, 11) is 0. The summed E-state index contributed by atoms with van der Waals surface area (Å²) in [6.07, 6.45) is 10.6. The lowest BCUT2D eigenvalue weighted by Gasteiger charge is -2.40. The van der Waals surface area contributed by atoms with Crippen LogP contribution in [0.2, 0.25) is 0 Å². The molecule has 9 heteroatoms. The van der Waals surface area contributed by atoms with Gasteiger partial charge in [-0.25, -0.2) is 0 Å². The Morgan fingerprint density at radius 2 is 1.91 bits per heavy atom. The van der Waals surface area contributed by atoms with Crippen molar-refractivity contribution in [2.45, 2.75) is 70.7 Å². The van der Waals surface area contributed by atoms with Crippen LogP contribution in [0.5, 0.6) is 0 Å². The standard InChI is InChI=1S/C35H42N6O2.H2S/c1-24-5-7-30(18-38-24)39-14-3-4-31(22-39)40(19-26-11-12-36-25(2)16-26)20-28-21-41(29-8-9-29)34-17-27(6-10-32(34)35(28)42)33-23-43-15-13-37-33;/h5-7,10-12,16-18,21,29,31,33,37H,3-4,8-9,13-15,19-20,22-23H2,1-2H3;1H2/t31-,33?;/m0./s1. The summed E-state index contributed by atoms with van der Waals surface area (Å²) in [5.41, 5.74) is 7.73. The first-order valence-electron chi connectivity index (χ1n) is 15.8. The maximum atomic E-state index is 14.1. The molecule has 1 N–H and O–H groups in total. The molecule has 0 radical (unpaired) electrons. The zero-order valence-corrected chi connectivity index (χ0v) is 26.8. The van der Waals surface area contributed by atoms with Crippen LogP contribution in [-0.4, -0.2) is 58.3 Å². The first-order valence-corrected chi connectivity index (χ1v) is 15.8. The Kier molecular flexibility index (Phi) is 9.37. The van der Waals surface area contributed by atoms with Gasteiger partial charge >= 0.3 is 0 Å². The summed E-state index contributed by atoms with van der Waals surface area (Å²) in [6, 6.07) is 15.9. The third-order valence-corrected chi connectivity index (χ3v) is 9.29. The van der Waals surface area contributed by atoms with Crippen molar-refractivity contribution in [3.8, 4) is 0 Å². The Morgan fingerprint density at radius 1 is 1.02 bits per heavy atom. The molecule has 1 aromatic carbocycles. The fraction of sp³-hybridized carbons (Fsp3) is 0.457. The van der Waals surface area contributed by atoms with Crippen molar-refractivity contribution in [3.05, 3.63) is 99.4 Å². The number of hydrogen-bond donors (Lipinski definition) is 1. The lowest BCUT2D eigenvalue weighted by atomic mass is 10.00. The van der Waals surface area contributed by atoms with Crippen molar-refractivity contribution < 1.29 is 4.74 Å². The number of fused-ring (bicyclic) bond motifs is 1. The molecule has 4 aromatic rings. The lowest BCUT2D eigenvalue weighted by Crippen LogP contribution is -2.48. The van der Waals surface area contributed by atoms with Gasteiger partial charge in [0.25, 0.3) is 0 Å². The first kappa shape index (κ1) is 30.8. The summed E-state index contributed by atoms with van der Waals surface area (Å²) in [6.45, 7) is 9.67. The smallest absolute Gasteiger partial charge is 0.193 e. The van der Waals surface area contributed by atoms with Gasteiger partial charge in [-0.2, -0.15) is 13.5 Å². The number of ether oxygens (including phenoxy) is 1. The quantitative estimate of drug-likeness (QED) is 0.294. The number of nitrogens with one attached hydrogen (secondary N) is 1. The predicted molar refractivity (Wildman–Crippen MR) is 181 cm³/mol. The number of piperidine rings is 1.